The maximum Gasteiger partial charge on any atom is 0.332 e. The zero-order chi connectivity index (χ0) is 19.3. The Hall–Kier alpha value is -3.16. The third-order valence-electron chi connectivity index (χ3n) is 4.94. The minimum absolute atomic E-state index is 0.318. The van der Waals surface area contributed by atoms with Crippen LogP contribution in [0.1, 0.15) is 20.3 Å². The van der Waals surface area contributed by atoms with E-state index in [-0.39, 0.29) is 11.2 Å². The van der Waals surface area contributed by atoms with E-state index >= 15 is 0 Å². The largest absolute Gasteiger partial charge is 0.332 e. The lowest BCUT2D eigenvalue weighted by molar-refractivity contribution is 0.526. The normalized spacial score (nSPS) is 11.9. The number of aryl methyl sites for hydroxylation is 2. The predicted molar refractivity (Wildman–Crippen MR) is 104 cm³/mol. The molecule has 0 amide bonds. The number of aromatic nitrogens is 6. The fourth-order valence-corrected chi connectivity index (χ4v) is 3.43. The van der Waals surface area contributed by atoms with Crippen molar-refractivity contribution < 1.29 is 0 Å². The number of nitrogens with zero attached hydrogens (tertiary/aromatic N) is 6. The molecule has 1 aromatic carbocycles. The Morgan fingerprint density at radius 2 is 1.70 bits per heavy atom. The third kappa shape index (κ3) is 2.51. The number of imidazole rings is 1. The summed E-state index contributed by atoms with van der Waals surface area (Å²) in [5, 5.41) is 8.72. The SMILES string of the molecule is CC(C)CCn1c2c(=O)n(C)c(=O)n(C)c2n2c(-c3ccccc3)nnc12. The molecule has 0 aliphatic heterocycles. The molecule has 0 N–H and O–H groups in total. The monoisotopic (exact) mass is 366 g/mol. The molecule has 8 nitrogen and oxygen atoms in total. The van der Waals surface area contributed by atoms with Gasteiger partial charge in [-0.1, -0.05) is 44.2 Å². The average molecular weight is 366 g/mol. The molecule has 0 spiro atoms. The molecule has 0 saturated carbocycles. The van der Waals surface area contributed by atoms with Crippen LogP contribution in [0.2, 0.25) is 0 Å². The van der Waals surface area contributed by atoms with Gasteiger partial charge >= 0.3 is 5.69 Å². The first-order valence-corrected chi connectivity index (χ1v) is 9.00. The van der Waals surface area contributed by atoms with Crippen molar-refractivity contribution in [3.05, 3.63) is 51.2 Å². The van der Waals surface area contributed by atoms with Crippen LogP contribution >= 0.6 is 0 Å². The Kier molecular flexibility index (Phi) is 3.98. The van der Waals surface area contributed by atoms with Crippen LogP contribution in [0.15, 0.2) is 39.9 Å². The number of hydrogen-bond acceptors (Lipinski definition) is 4. The molecule has 3 heterocycles. The summed E-state index contributed by atoms with van der Waals surface area (Å²) < 4.78 is 6.33. The zero-order valence-corrected chi connectivity index (χ0v) is 15.9. The van der Waals surface area contributed by atoms with Gasteiger partial charge in [-0.2, -0.15) is 0 Å². The van der Waals surface area contributed by atoms with Crippen LogP contribution in [0.5, 0.6) is 0 Å². The molecular weight excluding hydrogens is 344 g/mol. The summed E-state index contributed by atoms with van der Waals surface area (Å²) in [7, 11) is 3.17. The first-order valence-electron chi connectivity index (χ1n) is 9.00. The Morgan fingerprint density at radius 3 is 2.37 bits per heavy atom. The van der Waals surface area contributed by atoms with E-state index in [2.05, 4.69) is 24.0 Å². The summed E-state index contributed by atoms with van der Waals surface area (Å²) in [4.78, 5) is 25.5. The van der Waals surface area contributed by atoms with Crippen LogP contribution in [0.3, 0.4) is 0 Å². The molecule has 0 fully saturated rings. The van der Waals surface area contributed by atoms with Gasteiger partial charge in [-0.05, 0) is 12.3 Å². The molecule has 4 aromatic rings. The van der Waals surface area contributed by atoms with Gasteiger partial charge in [0.25, 0.3) is 5.56 Å². The molecule has 0 aliphatic rings. The molecule has 8 heteroatoms. The van der Waals surface area contributed by atoms with E-state index in [0.717, 1.165) is 16.6 Å². The highest BCUT2D eigenvalue weighted by Crippen LogP contribution is 2.24. The van der Waals surface area contributed by atoms with Gasteiger partial charge in [-0.25, -0.2) is 9.20 Å². The van der Waals surface area contributed by atoms with Gasteiger partial charge in [0.15, 0.2) is 17.0 Å². The average Bonchev–Trinajstić information content (AvgIpc) is 3.21. The highest BCUT2D eigenvalue weighted by molar-refractivity contribution is 5.79. The van der Waals surface area contributed by atoms with Crippen molar-refractivity contribution in [2.45, 2.75) is 26.8 Å². The molecule has 0 aliphatic carbocycles. The van der Waals surface area contributed by atoms with Crippen molar-refractivity contribution in [3.8, 4) is 11.4 Å². The quantitative estimate of drug-likeness (QED) is 0.552. The van der Waals surface area contributed by atoms with Crippen molar-refractivity contribution in [3.63, 3.8) is 0 Å². The smallest absolute Gasteiger partial charge is 0.302 e. The van der Waals surface area contributed by atoms with Crippen LogP contribution in [0.25, 0.3) is 28.3 Å². The minimum atomic E-state index is -0.372. The van der Waals surface area contributed by atoms with Gasteiger partial charge in [0.2, 0.25) is 5.78 Å². The van der Waals surface area contributed by atoms with Gasteiger partial charge in [-0.3, -0.25) is 13.9 Å². The van der Waals surface area contributed by atoms with Crippen molar-refractivity contribution in [1.82, 2.24) is 28.3 Å². The van der Waals surface area contributed by atoms with Crippen LogP contribution < -0.4 is 11.2 Å². The molecule has 0 radical (unpaired) electrons. The van der Waals surface area contributed by atoms with Crippen molar-refractivity contribution in [2.24, 2.45) is 20.0 Å². The number of hydrogen-bond donors (Lipinski definition) is 0. The number of fused-ring (bicyclic) bond motifs is 3. The maximum atomic E-state index is 12.9. The van der Waals surface area contributed by atoms with E-state index in [1.807, 2.05) is 39.3 Å². The van der Waals surface area contributed by atoms with E-state index in [9.17, 15) is 9.59 Å². The minimum Gasteiger partial charge on any atom is -0.302 e. The molecule has 140 valence electrons. The van der Waals surface area contributed by atoms with Crippen LogP contribution in [-0.2, 0) is 20.6 Å². The number of benzene rings is 1. The van der Waals surface area contributed by atoms with E-state index in [0.29, 0.717) is 35.2 Å². The molecule has 0 atom stereocenters. The zero-order valence-electron chi connectivity index (χ0n) is 15.9. The summed E-state index contributed by atoms with van der Waals surface area (Å²) >= 11 is 0. The van der Waals surface area contributed by atoms with Crippen molar-refractivity contribution in [1.29, 1.82) is 0 Å². The maximum absolute atomic E-state index is 12.9. The van der Waals surface area contributed by atoms with Gasteiger partial charge < -0.3 is 4.57 Å². The lowest BCUT2D eigenvalue weighted by Gasteiger charge is -2.08. The highest BCUT2D eigenvalue weighted by Gasteiger charge is 2.23. The molecule has 0 saturated heterocycles. The number of rotatable bonds is 4. The molecule has 27 heavy (non-hydrogen) atoms. The topological polar surface area (TPSA) is 79.1 Å². The van der Waals surface area contributed by atoms with Crippen molar-refractivity contribution >= 4 is 16.9 Å². The Balaban J connectivity index is 2.17. The molecule has 0 unspecified atom stereocenters. The molecule has 0 bridgehead atoms. The second-order valence-electron chi connectivity index (χ2n) is 7.24. The molecule has 3 aromatic heterocycles. The summed E-state index contributed by atoms with van der Waals surface area (Å²) in [6, 6.07) is 9.65. The van der Waals surface area contributed by atoms with Gasteiger partial charge in [0.1, 0.15) is 0 Å². The van der Waals surface area contributed by atoms with E-state index < -0.39 is 0 Å². The Bertz CT molecular complexity index is 1260. The van der Waals surface area contributed by atoms with Crippen LogP contribution in [0.4, 0.5) is 0 Å². The highest BCUT2D eigenvalue weighted by atomic mass is 16.2. The summed E-state index contributed by atoms with van der Waals surface area (Å²) in [5.74, 6) is 1.65. The summed E-state index contributed by atoms with van der Waals surface area (Å²) in [6.07, 6.45) is 0.888. The van der Waals surface area contributed by atoms with Crippen molar-refractivity contribution in [2.75, 3.05) is 0 Å². The van der Waals surface area contributed by atoms with Crippen LogP contribution in [-0.4, -0.2) is 28.3 Å². The van der Waals surface area contributed by atoms with Crippen LogP contribution in [0, 0.1) is 5.92 Å². The molecule has 4 rings (SSSR count). The first-order chi connectivity index (χ1) is 12.9. The standard InChI is InChI=1S/C19H22N6O2/c1-12(2)10-11-24-14-16(22(3)19(27)23(4)17(14)26)25-15(20-21-18(24)25)13-8-6-5-7-9-13/h5-9,12H,10-11H2,1-4H3. The third-order valence-corrected chi connectivity index (χ3v) is 4.94. The second-order valence-corrected chi connectivity index (χ2v) is 7.24. The Morgan fingerprint density at radius 1 is 1.00 bits per heavy atom. The fraction of sp³-hybridized carbons (Fsp3) is 0.368. The first kappa shape index (κ1) is 17.3. The lowest BCUT2D eigenvalue weighted by atomic mass is 10.1. The van der Waals surface area contributed by atoms with Gasteiger partial charge in [0, 0.05) is 26.2 Å². The van der Waals surface area contributed by atoms with E-state index in [4.69, 9.17) is 0 Å². The van der Waals surface area contributed by atoms with Gasteiger partial charge in [0.05, 0.1) is 0 Å². The summed E-state index contributed by atoms with van der Waals surface area (Å²) in [6.45, 7) is 4.90. The second kappa shape index (κ2) is 6.22. The van der Waals surface area contributed by atoms with Gasteiger partial charge in [-0.15, -0.1) is 10.2 Å². The van der Waals surface area contributed by atoms with E-state index in [1.54, 1.807) is 7.05 Å². The predicted octanol–water partition coefficient (Wildman–Crippen LogP) is 1.79. The fourth-order valence-electron chi connectivity index (χ4n) is 3.43. The Labute approximate surface area is 155 Å². The summed E-state index contributed by atoms with van der Waals surface area (Å²) in [5.41, 5.74) is 1.18. The lowest BCUT2D eigenvalue weighted by Crippen LogP contribution is -2.37. The van der Waals surface area contributed by atoms with E-state index in [1.165, 1.54) is 11.6 Å². The molecular formula is C19H22N6O2.